The lowest BCUT2D eigenvalue weighted by Gasteiger charge is -2.24. The lowest BCUT2D eigenvalue weighted by molar-refractivity contribution is 0.0465. The fourth-order valence-electron chi connectivity index (χ4n) is 2.22. The van der Waals surface area contributed by atoms with E-state index in [1.807, 2.05) is 6.92 Å². The summed E-state index contributed by atoms with van der Waals surface area (Å²) in [5.41, 5.74) is -0.500. The van der Waals surface area contributed by atoms with E-state index in [1.165, 1.54) is 6.07 Å². The van der Waals surface area contributed by atoms with E-state index in [-0.39, 0.29) is 5.02 Å². The van der Waals surface area contributed by atoms with Crippen LogP contribution < -0.4 is 0 Å². The molecular formula is C12H15ClFNO. The van der Waals surface area contributed by atoms with Crippen LogP contribution in [0.15, 0.2) is 18.2 Å². The Bertz CT molecular complexity index is 399. The van der Waals surface area contributed by atoms with E-state index in [0.717, 1.165) is 13.1 Å². The summed E-state index contributed by atoms with van der Waals surface area (Å²) in [6.07, 6.45) is 0.601. The zero-order valence-electron chi connectivity index (χ0n) is 9.21. The summed E-state index contributed by atoms with van der Waals surface area (Å²) in [5, 5.41) is 10.5. The maximum absolute atomic E-state index is 13.3. The Kier molecular flexibility index (Phi) is 3.19. The fraction of sp³-hybridized carbons (Fsp3) is 0.500. The summed E-state index contributed by atoms with van der Waals surface area (Å²) in [5.74, 6) is -0.470. The maximum atomic E-state index is 13.3. The summed E-state index contributed by atoms with van der Waals surface area (Å²) in [6.45, 7) is 4.26. The van der Waals surface area contributed by atoms with Crippen LogP contribution in [0.3, 0.4) is 0 Å². The van der Waals surface area contributed by atoms with Crippen molar-refractivity contribution in [2.24, 2.45) is 0 Å². The van der Waals surface area contributed by atoms with E-state index in [9.17, 15) is 9.50 Å². The molecule has 1 N–H and O–H groups in total. The second kappa shape index (κ2) is 4.32. The van der Waals surface area contributed by atoms with Crippen molar-refractivity contribution < 1.29 is 9.50 Å². The van der Waals surface area contributed by atoms with Crippen molar-refractivity contribution >= 4 is 11.6 Å². The van der Waals surface area contributed by atoms with Gasteiger partial charge in [-0.3, -0.25) is 0 Å². The van der Waals surface area contributed by atoms with Crippen molar-refractivity contribution in [3.8, 4) is 0 Å². The van der Waals surface area contributed by atoms with Gasteiger partial charge in [0, 0.05) is 18.7 Å². The zero-order valence-corrected chi connectivity index (χ0v) is 9.97. The van der Waals surface area contributed by atoms with E-state index in [2.05, 4.69) is 4.90 Å². The highest BCUT2D eigenvalue weighted by molar-refractivity contribution is 6.31. The number of β-amino-alcohol motifs (C(OH)–C–C–N with tert-alkyl or cyclic N) is 1. The first kappa shape index (κ1) is 11.8. The molecule has 0 amide bonds. The number of likely N-dealkylation sites (tertiary alicyclic amines) is 1. The molecule has 0 bridgehead atoms. The van der Waals surface area contributed by atoms with Gasteiger partial charge in [-0.15, -0.1) is 0 Å². The van der Waals surface area contributed by atoms with Crippen LogP contribution in [0.4, 0.5) is 4.39 Å². The number of aliphatic hydroxyl groups is 1. The first-order valence-electron chi connectivity index (χ1n) is 5.46. The molecule has 1 unspecified atom stereocenters. The molecule has 1 aliphatic heterocycles. The van der Waals surface area contributed by atoms with Crippen LogP contribution in [0.2, 0.25) is 5.02 Å². The van der Waals surface area contributed by atoms with Gasteiger partial charge < -0.3 is 10.0 Å². The number of halogens is 2. The van der Waals surface area contributed by atoms with Crippen LogP contribution in [0.25, 0.3) is 0 Å². The van der Waals surface area contributed by atoms with Crippen molar-refractivity contribution in [3.05, 3.63) is 34.6 Å². The van der Waals surface area contributed by atoms with Gasteiger partial charge in [0.15, 0.2) is 0 Å². The highest BCUT2D eigenvalue weighted by Crippen LogP contribution is 2.36. The molecule has 88 valence electrons. The van der Waals surface area contributed by atoms with Crippen LogP contribution in [-0.4, -0.2) is 29.6 Å². The van der Waals surface area contributed by atoms with Gasteiger partial charge in [0.25, 0.3) is 0 Å². The molecule has 0 aromatic heterocycles. The van der Waals surface area contributed by atoms with E-state index < -0.39 is 11.4 Å². The van der Waals surface area contributed by atoms with Crippen LogP contribution in [0, 0.1) is 5.82 Å². The van der Waals surface area contributed by atoms with Crippen molar-refractivity contribution in [3.63, 3.8) is 0 Å². The molecule has 1 atom stereocenters. The molecule has 16 heavy (non-hydrogen) atoms. The Morgan fingerprint density at radius 3 is 2.94 bits per heavy atom. The molecular weight excluding hydrogens is 229 g/mol. The van der Waals surface area contributed by atoms with Gasteiger partial charge in [-0.2, -0.15) is 0 Å². The molecule has 0 spiro atoms. The fourth-order valence-corrected chi connectivity index (χ4v) is 2.53. The standard InChI is InChI=1S/C12H15ClFNO/c1-2-15-7-6-12(16,8-15)9-4-3-5-10(14)11(9)13/h3-5,16H,2,6-8H2,1H3. The zero-order chi connectivity index (χ0) is 11.8. The second-order valence-electron chi connectivity index (χ2n) is 4.25. The first-order valence-corrected chi connectivity index (χ1v) is 5.84. The highest BCUT2D eigenvalue weighted by Gasteiger charge is 2.38. The highest BCUT2D eigenvalue weighted by atomic mass is 35.5. The lowest BCUT2D eigenvalue weighted by atomic mass is 9.93. The molecule has 0 aliphatic carbocycles. The summed E-state index contributed by atoms with van der Waals surface area (Å²) in [6, 6.07) is 4.59. The summed E-state index contributed by atoms with van der Waals surface area (Å²) < 4.78 is 13.3. The van der Waals surface area contributed by atoms with Gasteiger partial charge in [-0.1, -0.05) is 30.7 Å². The monoisotopic (exact) mass is 243 g/mol. The quantitative estimate of drug-likeness (QED) is 0.862. The number of nitrogens with zero attached hydrogens (tertiary/aromatic N) is 1. The first-order chi connectivity index (χ1) is 7.57. The Labute approximate surface area is 99.6 Å². The van der Waals surface area contributed by atoms with Crippen LogP contribution in [0.5, 0.6) is 0 Å². The third-order valence-corrected chi connectivity index (χ3v) is 3.61. The molecule has 1 heterocycles. The topological polar surface area (TPSA) is 23.5 Å². The molecule has 1 aromatic rings. The number of benzene rings is 1. The van der Waals surface area contributed by atoms with Gasteiger partial charge in [0.05, 0.1) is 5.02 Å². The number of likely N-dealkylation sites (N-methyl/N-ethyl adjacent to an activating group) is 1. The Balaban J connectivity index is 2.34. The molecule has 0 radical (unpaired) electrons. The Hall–Kier alpha value is -0.640. The van der Waals surface area contributed by atoms with E-state index in [1.54, 1.807) is 12.1 Å². The molecule has 1 fully saturated rings. The van der Waals surface area contributed by atoms with Gasteiger partial charge in [0.1, 0.15) is 11.4 Å². The summed E-state index contributed by atoms with van der Waals surface area (Å²) in [4.78, 5) is 2.13. The molecule has 1 aliphatic rings. The van der Waals surface area contributed by atoms with Crippen molar-refractivity contribution in [1.29, 1.82) is 0 Å². The minimum atomic E-state index is -1.00. The summed E-state index contributed by atoms with van der Waals surface area (Å²) in [7, 11) is 0. The van der Waals surface area contributed by atoms with Crippen molar-refractivity contribution in [2.75, 3.05) is 19.6 Å². The van der Waals surface area contributed by atoms with Crippen LogP contribution in [0.1, 0.15) is 18.9 Å². The van der Waals surface area contributed by atoms with Gasteiger partial charge >= 0.3 is 0 Å². The third-order valence-electron chi connectivity index (χ3n) is 3.23. The van der Waals surface area contributed by atoms with E-state index >= 15 is 0 Å². The van der Waals surface area contributed by atoms with Crippen molar-refractivity contribution in [1.82, 2.24) is 4.90 Å². The lowest BCUT2D eigenvalue weighted by Crippen LogP contribution is -2.31. The average Bonchev–Trinajstić information content (AvgIpc) is 2.65. The largest absolute Gasteiger partial charge is 0.384 e. The van der Waals surface area contributed by atoms with Crippen molar-refractivity contribution in [2.45, 2.75) is 18.9 Å². The third kappa shape index (κ3) is 1.95. The molecule has 0 saturated carbocycles. The SMILES string of the molecule is CCN1CCC(O)(c2cccc(F)c2Cl)C1. The predicted octanol–water partition coefficient (Wildman–Crippen LogP) is 2.39. The van der Waals surface area contributed by atoms with Crippen LogP contribution >= 0.6 is 11.6 Å². The van der Waals surface area contributed by atoms with Crippen LogP contribution in [-0.2, 0) is 5.60 Å². The predicted molar refractivity (Wildman–Crippen MR) is 62.0 cm³/mol. The maximum Gasteiger partial charge on any atom is 0.142 e. The number of hydrogen-bond acceptors (Lipinski definition) is 2. The van der Waals surface area contributed by atoms with Gasteiger partial charge in [0.2, 0.25) is 0 Å². The average molecular weight is 244 g/mol. The van der Waals surface area contributed by atoms with E-state index in [4.69, 9.17) is 11.6 Å². The minimum Gasteiger partial charge on any atom is -0.384 e. The molecule has 4 heteroatoms. The number of rotatable bonds is 2. The molecule has 2 rings (SSSR count). The number of hydrogen-bond donors (Lipinski definition) is 1. The Morgan fingerprint density at radius 1 is 1.56 bits per heavy atom. The van der Waals surface area contributed by atoms with Gasteiger partial charge in [-0.25, -0.2) is 4.39 Å². The molecule has 1 aromatic carbocycles. The molecule has 2 nitrogen and oxygen atoms in total. The smallest absolute Gasteiger partial charge is 0.142 e. The minimum absolute atomic E-state index is 0.0444. The normalized spacial score (nSPS) is 26.2. The Morgan fingerprint density at radius 2 is 2.31 bits per heavy atom. The molecule has 1 saturated heterocycles. The van der Waals surface area contributed by atoms with E-state index in [0.29, 0.717) is 18.5 Å². The second-order valence-corrected chi connectivity index (χ2v) is 4.63. The summed E-state index contributed by atoms with van der Waals surface area (Å²) >= 11 is 5.90. The van der Waals surface area contributed by atoms with Gasteiger partial charge in [-0.05, 0) is 19.0 Å².